The van der Waals surface area contributed by atoms with E-state index in [0.29, 0.717) is 6.07 Å². The minimum absolute atomic E-state index is 0.0177. The smallest absolute Gasteiger partial charge is 0.419 e. The van der Waals surface area contributed by atoms with Crippen molar-refractivity contribution in [1.29, 1.82) is 5.26 Å². The van der Waals surface area contributed by atoms with Gasteiger partial charge >= 0.3 is 12.1 Å². The van der Waals surface area contributed by atoms with Gasteiger partial charge in [-0.3, -0.25) is 0 Å². The summed E-state index contributed by atoms with van der Waals surface area (Å²) in [5, 5.41) is 18.5. The highest BCUT2D eigenvalue weighted by Crippen LogP contribution is 2.37. The number of rotatable bonds is 2. The molecule has 0 fully saturated rings. The van der Waals surface area contributed by atoms with Gasteiger partial charge in [-0.25, -0.2) is 4.79 Å². The number of carbonyl (C=O) groups excluding carboxylic acids is 1. The van der Waals surface area contributed by atoms with Gasteiger partial charge in [0.2, 0.25) is 0 Å². The molecule has 0 aliphatic heterocycles. The Hall–Kier alpha value is -3.15. The minimum atomic E-state index is -4.72. The lowest BCUT2D eigenvalue weighted by Gasteiger charge is -2.12. The number of anilines is 1. The molecule has 0 bridgehead atoms. The maximum absolute atomic E-state index is 12.7. The van der Waals surface area contributed by atoms with Gasteiger partial charge in [0.1, 0.15) is 11.8 Å². The molecule has 0 aliphatic rings. The number of hydrogen-bond donors (Lipinski definition) is 2. The molecule has 0 saturated heterocycles. The molecule has 1 heterocycles. The summed E-state index contributed by atoms with van der Waals surface area (Å²) in [5.41, 5.74) is 4.04. The first-order valence-electron chi connectivity index (χ1n) is 6.10. The summed E-state index contributed by atoms with van der Waals surface area (Å²) >= 11 is 0. The number of aromatic hydroxyl groups is 1. The molecule has 0 amide bonds. The monoisotopic (exact) mass is 325 g/mol. The molecular weight excluding hydrogens is 315 g/mol. The second-order valence-electron chi connectivity index (χ2n) is 4.48. The highest BCUT2D eigenvalue weighted by atomic mass is 19.4. The quantitative estimate of drug-likeness (QED) is 0.826. The first-order chi connectivity index (χ1) is 10.7. The van der Waals surface area contributed by atoms with Crippen LogP contribution in [0.15, 0.2) is 24.4 Å². The molecule has 1 aromatic heterocycles. The number of benzene rings is 1. The van der Waals surface area contributed by atoms with Crippen molar-refractivity contribution < 1.29 is 27.8 Å². The SMILES string of the molecule is COC(=O)c1c(N)c(C#N)cn1-c1ccc(C(F)(F)F)c(O)c1. The number of phenolic OH excluding ortho intramolecular Hbond substituents is 1. The third-order valence-corrected chi connectivity index (χ3v) is 3.11. The van der Waals surface area contributed by atoms with Crippen LogP contribution in [0.25, 0.3) is 5.69 Å². The van der Waals surface area contributed by atoms with Gasteiger partial charge in [-0.1, -0.05) is 0 Å². The first kappa shape index (κ1) is 16.2. The normalized spacial score (nSPS) is 11.1. The largest absolute Gasteiger partial charge is 0.507 e. The number of methoxy groups -OCH3 is 1. The number of nitriles is 1. The maximum Gasteiger partial charge on any atom is 0.419 e. The van der Waals surface area contributed by atoms with E-state index in [1.54, 1.807) is 6.07 Å². The predicted molar refractivity (Wildman–Crippen MR) is 72.9 cm³/mol. The lowest BCUT2D eigenvalue weighted by molar-refractivity contribution is -0.138. The van der Waals surface area contributed by atoms with E-state index in [1.165, 1.54) is 6.20 Å². The van der Waals surface area contributed by atoms with Crippen LogP contribution in [-0.4, -0.2) is 22.8 Å². The maximum atomic E-state index is 12.7. The molecule has 0 saturated carbocycles. The summed E-state index contributed by atoms with van der Waals surface area (Å²) in [6, 6.07) is 4.27. The molecule has 23 heavy (non-hydrogen) atoms. The van der Waals surface area contributed by atoms with Crippen molar-refractivity contribution >= 4 is 11.7 Å². The van der Waals surface area contributed by atoms with Gasteiger partial charge in [0.05, 0.1) is 23.9 Å². The lowest BCUT2D eigenvalue weighted by Crippen LogP contribution is -2.11. The number of ether oxygens (including phenoxy) is 1. The second kappa shape index (κ2) is 5.57. The van der Waals surface area contributed by atoms with Crippen LogP contribution in [0, 0.1) is 11.3 Å². The van der Waals surface area contributed by atoms with Crippen molar-refractivity contribution in [2.75, 3.05) is 12.8 Å². The zero-order chi connectivity index (χ0) is 17.4. The van der Waals surface area contributed by atoms with Crippen molar-refractivity contribution in [1.82, 2.24) is 4.57 Å². The van der Waals surface area contributed by atoms with Gasteiger partial charge in [0.25, 0.3) is 0 Å². The second-order valence-corrected chi connectivity index (χ2v) is 4.48. The number of aromatic nitrogens is 1. The van der Waals surface area contributed by atoms with Gasteiger partial charge in [-0.2, -0.15) is 18.4 Å². The summed E-state index contributed by atoms with van der Waals surface area (Å²) in [7, 11) is 1.09. The number of alkyl halides is 3. The molecule has 3 N–H and O–H groups in total. The highest BCUT2D eigenvalue weighted by Gasteiger charge is 2.34. The molecule has 6 nitrogen and oxygen atoms in total. The molecule has 0 radical (unpaired) electrons. The van der Waals surface area contributed by atoms with Crippen molar-refractivity contribution in [2.24, 2.45) is 0 Å². The van der Waals surface area contributed by atoms with E-state index in [2.05, 4.69) is 4.74 Å². The third kappa shape index (κ3) is 2.78. The summed E-state index contributed by atoms with van der Waals surface area (Å²) in [4.78, 5) is 11.8. The van der Waals surface area contributed by atoms with Gasteiger partial charge in [0, 0.05) is 18.0 Å². The zero-order valence-corrected chi connectivity index (χ0v) is 11.7. The van der Waals surface area contributed by atoms with Crippen molar-refractivity contribution in [3.8, 4) is 17.5 Å². The molecule has 1 aromatic carbocycles. The molecule has 0 unspecified atom stereocenters. The number of carbonyl (C=O) groups is 1. The van der Waals surface area contributed by atoms with Gasteiger partial charge in [0.15, 0.2) is 5.69 Å². The van der Waals surface area contributed by atoms with Crippen LogP contribution < -0.4 is 5.73 Å². The average Bonchev–Trinajstić information content (AvgIpc) is 2.81. The van der Waals surface area contributed by atoms with Gasteiger partial charge < -0.3 is 20.1 Å². The van der Waals surface area contributed by atoms with E-state index in [9.17, 15) is 23.1 Å². The fraction of sp³-hybridized carbons (Fsp3) is 0.143. The van der Waals surface area contributed by atoms with Gasteiger partial charge in [-0.15, -0.1) is 0 Å². The number of esters is 1. The standard InChI is InChI=1S/C14H10F3N3O3/c1-23-13(22)12-11(19)7(5-18)6-20(12)8-2-3-9(10(21)4-8)14(15,16)17/h2-4,6,21H,19H2,1H3. The van der Waals surface area contributed by atoms with Crippen molar-refractivity contribution in [2.45, 2.75) is 6.18 Å². The Bertz CT molecular complexity index is 819. The molecule has 2 aromatic rings. The van der Waals surface area contributed by atoms with Crippen LogP contribution in [0.1, 0.15) is 21.6 Å². The van der Waals surface area contributed by atoms with Crippen molar-refractivity contribution in [3.63, 3.8) is 0 Å². The van der Waals surface area contributed by atoms with E-state index in [4.69, 9.17) is 11.0 Å². The Morgan fingerprint density at radius 2 is 2.09 bits per heavy atom. The summed E-state index contributed by atoms with van der Waals surface area (Å²) < 4.78 is 43.6. The van der Waals surface area contributed by atoms with E-state index in [1.807, 2.05) is 0 Å². The molecule has 0 atom stereocenters. The Morgan fingerprint density at radius 3 is 2.57 bits per heavy atom. The highest BCUT2D eigenvalue weighted by molar-refractivity contribution is 5.96. The predicted octanol–water partition coefficient (Wildman–Crippen LogP) is 2.44. The molecule has 0 spiro atoms. The Balaban J connectivity index is 2.66. The van der Waals surface area contributed by atoms with Crippen LogP contribution in [-0.2, 0) is 10.9 Å². The summed E-state index contributed by atoms with van der Waals surface area (Å²) in [6.07, 6.45) is -3.55. The number of nitrogen functional groups attached to an aromatic ring is 1. The molecule has 0 aliphatic carbocycles. The number of halogens is 3. The number of nitrogens with two attached hydrogens (primary N) is 1. The van der Waals surface area contributed by atoms with E-state index >= 15 is 0 Å². The molecular formula is C14H10F3N3O3. The minimum Gasteiger partial charge on any atom is -0.507 e. The van der Waals surface area contributed by atoms with Gasteiger partial charge in [-0.05, 0) is 12.1 Å². The number of phenols is 1. The van der Waals surface area contributed by atoms with Crippen LogP contribution in [0.4, 0.5) is 18.9 Å². The fourth-order valence-corrected chi connectivity index (χ4v) is 2.03. The Kier molecular flexibility index (Phi) is 3.93. The third-order valence-electron chi connectivity index (χ3n) is 3.11. The first-order valence-corrected chi connectivity index (χ1v) is 6.10. The summed E-state index contributed by atoms with van der Waals surface area (Å²) in [5.74, 6) is -1.89. The number of nitrogens with zero attached hydrogens (tertiary/aromatic N) is 2. The summed E-state index contributed by atoms with van der Waals surface area (Å²) in [6.45, 7) is 0. The van der Waals surface area contributed by atoms with E-state index < -0.39 is 23.5 Å². The zero-order valence-electron chi connectivity index (χ0n) is 11.7. The van der Waals surface area contributed by atoms with Crippen molar-refractivity contribution in [3.05, 3.63) is 41.2 Å². The Morgan fingerprint density at radius 1 is 1.43 bits per heavy atom. The van der Waals surface area contributed by atoms with E-state index in [-0.39, 0.29) is 22.6 Å². The van der Waals surface area contributed by atoms with Crippen LogP contribution in [0.2, 0.25) is 0 Å². The van der Waals surface area contributed by atoms with E-state index in [0.717, 1.165) is 23.8 Å². The molecule has 9 heteroatoms. The Labute approximate surface area is 128 Å². The van der Waals surface area contributed by atoms with Crippen LogP contribution in [0.3, 0.4) is 0 Å². The lowest BCUT2D eigenvalue weighted by atomic mass is 10.1. The van der Waals surface area contributed by atoms with Crippen LogP contribution >= 0.6 is 0 Å². The number of hydrogen-bond acceptors (Lipinski definition) is 5. The van der Waals surface area contributed by atoms with Crippen LogP contribution in [0.5, 0.6) is 5.75 Å². The fourth-order valence-electron chi connectivity index (χ4n) is 2.03. The average molecular weight is 325 g/mol. The topological polar surface area (TPSA) is 101 Å². The molecule has 2 rings (SSSR count). The molecule has 120 valence electrons.